The van der Waals surface area contributed by atoms with Crippen molar-refractivity contribution < 1.29 is 5.11 Å². The third kappa shape index (κ3) is 2.96. The van der Waals surface area contributed by atoms with Gasteiger partial charge in [0, 0.05) is 31.9 Å². The zero-order valence-electron chi connectivity index (χ0n) is 10.2. The zero-order chi connectivity index (χ0) is 12.1. The Labute approximate surface area is 102 Å². The van der Waals surface area contributed by atoms with Crippen LogP contribution in [0.3, 0.4) is 0 Å². The van der Waals surface area contributed by atoms with Gasteiger partial charge in [0.05, 0.1) is 0 Å². The molecule has 94 valence electrons. The molecule has 1 aliphatic rings. The highest BCUT2D eigenvalue weighted by atomic mass is 16.3. The smallest absolute Gasteiger partial charge is 0.129 e. The predicted octanol–water partition coefficient (Wildman–Crippen LogP) is 1.28. The molecule has 2 rings (SSSR count). The van der Waals surface area contributed by atoms with Gasteiger partial charge in [-0.1, -0.05) is 0 Å². The number of anilines is 1. The highest BCUT2D eigenvalue weighted by Crippen LogP contribution is 2.25. The predicted molar refractivity (Wildman–Crippen MR) is 68.8 cm³/mol. The van der Waals surface area contributed by atoms with Crippen molar-refractivity contribution >= 4 is 5.82 Å². The number of aliphatic hydroxyl groups is 1. The van der Waals surface area contributed by atoms with Gasteiger partial charge in [-0.05, 0) is 43.4 Å². The Kier molecular flexibility index (Phi) is 4.34. The van der Waals surface area contributed by atoms with Crippen molar-refractivity contribution in [3.8, 4) is 0 Å². The molecule has 1 unspecified atom stereocenters. The van der Waals surface area contributed by atoms with Crippen LogP contribution in [0.2, 0.25) is 0 Å². The number of pyridine rings is 1. The molecule has 3 N–H and O–H groups in total. The van der Waals surface area contributed by atoms with Crippen molar-refractivity contribution in [2.75, 3.05) is 18.1 Å². The first kappa shape index (κ1) is 12.3. The molecular weight excluding hydrogens is 214 g/mol. The Bertz CT molecular complexity index is 354. The van der Waals surface area contributed by atoms with Crippen LogP contribution < -0.4 is 10.6 Å². The molecule has 4 heteroatoms. The van der Waals surface area contributed by atoms with Crippen LogP contribution in [0.4, 0.5) is 5.82 Å². The number of piperidine rings is 1. The summed E-state index contributed by atoms with van der Waals surface area (Å²) in [5.74, 6) is 1.01. The van der Waals surface area contributed by atoms with Crippen LogP contribution in [0.15, 0.2) is 18.3 Å². The van der Waals surface area contributed by atoms with Gasteiger partial charge in [-0.15, -0.1) is 0 Å². The molecule has 2 heterocycles. The molecule has 0 bridgehead atoms. The van der Waals surface area contributed by atoms with Crippen molar-refractivity contribution in [2.45, 2.75) is 38.3 Å². The highest BCUT2D eigenvalue weighted by molar-refractivity contribution is 5.42. The summed E-state index contributed by atoms with van der Waals surface area (Å²) >= 11 is 0. The number of nitrogens with two attached hydrogens (primary N) is 1. The molecule has 1 atom stereocenters. The van der Waals surface area contributed by atoms with Crippen LogP contribution in [-0.4, -0.2) is 29.3 Å². The van der Waals surface area contributed by atoms with Gasteiger partial charge in [0.1, 0.15) is 5.82 Å². The van der Waals surface area contributed by atoms with Crippen molar-refractivity contribution in [2.24, 2.45) is 5.73 Å². The number of rotatable bonds is 4. The molecule has 1 aromatic rings. The van der Waals surface area contributed by atoms with Crippen molar-refractivity contribution in [1.82, 2.24) is 4.98 Å². The second-order valence-corrected chi connectivity index (χ2v) is 4.58. The summed E-state index contributed by atoms with van der Waals surface area (Å²) < 4.78 is 0. The molecule has 17 heavy (non-hydrogen) atoms. The maximum atomic E-state index is 9.12. The van der Waals surface area contributed by atoms with E-state index in [1.54, 1.807) is 0 Å². The van der Waals surface area contributed by atoms with Gasteiger partial charge in [0.15, 0.2) is 0 Å². The lowest BCUT2D eigenvalue weighted by molar-refractivity contribution is 0.262. The molecular formula is C13H21N3O. The topological polar surface area (TPSA) is 62.4 Å². The van der Waals surface area contributed by atoms with Crippen molar-refractivity contribution in [3.63, 3.8) is 0 Å². The SMILES string of the molecule is NCc1ccnc(N2CCCCC2CCO)c1. The third-order valence-corrected chi connectivity index (χ3v) is 3.43. The van der Waals surface area contributed by atoms with E-state index in [0.29, 0.717) is 12.6 Å². The molecule has 4 nitrogen and oxygen atoms in total. The summed E-state index contributed by atoms with van der Waals surface area (Å²) in [5.41, 5.74) is 6.77. The van der Waals surface area contributed by atoms with Gasteiger partial charge in [-0.3, -0.25) is 0 Å². The normalized spacial score (nSPS) is 20.6. The summed E-state index contributed by atoms with van der Waals surface area (Å²) in [5, 5.41) is 9.12. The highest BCUT2D eigenvalue weighted by Gasteiger charge is 2.22. The van der Waals surface area contributed by atoms with Gasteiger partial charge in [-0.2, -0.15) is 0 Å². The Morgan fingerprint density at radius 1 is 1.47 bits per heavy atom. The van der Waals surface area contributed by atoms with Crippen molar-refractivity contribution in [1.29, 1.82) is 0 Å². The number of hydrogen-bond donors (Lipinski definition) is 2. The zero-order valence-corrected chi connectivity index (χ0v) is 10.2. The van der Waals surface area contributed by atoms with E-state index in [4.69, 9.17) is 10.8 Å². The van der Waals surface area contributed by atoms with E-state index >= 15 is 0 Å². The van der Waals surface area contributed by atoms with Crippen LogP contribution >= 0.6 is 0 Å². The average Bonchev–Trinajstić information content (AvgIpc) is 2.40. The Morgan fingerprint density at radius 2 is 2.35 bits per heavy atom. The molecule has 0 radical (unpaired) electrons. The average molecular weight is 235 g/mol. The minimum atomic E-state index is 0.248. The molecule has 0 aromatic carbocycles. The molecule has 1 aliphatic heterocycles. The molecule has 1 fully saturated rings. The van der Waals surface area contributed by atoms with E-state index in [2.05, 4.69) is 16.0 Å². The number of aliphatic hydroxyl groups excluding tert-OH is 1. The summed E-state index contributed by atoms with van der Waals surface area (Å²) in [7, 11) is 0. The largest absolute Gasteiger partial charge is 0.396 e. The Balaban J connectivity index is 2.16. The fraction of sp³-hybridized carbons (Fsp3) is 0.615. The minimum absolute atomic E-state index is 0.248. The molecule has 0 amide bonds. The molecule has 0 aliphatic carbocycles. The van der Waals surface area contributed by atoms with Crippen molar-refractivity contribution in [3.05, 3.63) is 23.9 Å². The summed E-state index contributed by atoms with van der Waals surface area (Å²) in [6.45, 7) is 1.83. The van der Waals surface area contributed by atoms with E-state index < -0.39 is 0 Å². The molecule has 0 saturated carbocycles. The standard InChI is InChI=1S/C13H21N3O/c14-10-11-4-6-15-13(9-11)16-7-2-1-3-12(16)5-8-17/h4,6,9,12,17H,1-3,5,7-8,10,14H2. The second kappa shape index (κ2) is 5.98. The third-order valence-electron chi connectivity index (χ3n) is 3.43. The van der Waals surface area contributed by atoms with E-state index in [1.165, 1.54) is 12.8 Å². The van der Waals surface area contributed by atoms with E-state index in [-0.39, 0.29) is 6.61 Å². The lowest BCUT2D eigenvalue weighted by atomic mass is 9.99. The number of aromatic nitrogens is 1. The fourth-order valence-corrected chi connectivity index (χ4v) is 2.50. The second-order valence-electron chi connectivity index (χ2n) is 4.58. The van der Waals surface area contributed by atoms with E-state index in [1.807, 2.05) is 12.3 Å². The summed E-state index contributed by atoms with van der Waals surface area (Å²) in [4.78, 5) is 6.75. The maximum absolute atomic E-state index is 9.12. The summed E-state index contributed by atoms with van der Waals surface area (Å²) in [6, 6.07) is 4.44. The first-order chi connectivity index (χ1) is 8.35. The van der Waals surface area contributed by atoms with Crippen LogP contribution in [-0.2, 0) is 6.54 Å². The Hall–Kier alpha value is -1.13. The van der Waals surface area contributed by atoms with Gasteiger partial charge in [0.2, 0.25) is 0 Å². The minimum Gasteiger partial charge on any atom is -0.396 e. The molecule has 0 spiro atoms. The van der Waals surface area contributed by atoms with Gasteiger partial charge < -0.3 is 15.7 Å². The van der Waals surface area contributed by atoms with Crippen LogP contribution in [0.25, 0.3) is 0 Å². The first-order valence-electron chi connectivity index (χ1n) is 6.37. The lowest BCUT2D eigenvalue weighted by Gasteiger charge is -2.36. The lowest BCUT2D eigenvalue weighted by Crippen LogP contribution is -2.40. The number of nitrogens with zero attached hydrogens (tertiary/aromatic N) is 2. The molecule has 1 saturated heterocycles. The molecule has 1 aromatic heterocycles. The number of hydrogen-bond acceptors (Lipinski definition) is 4. The van der Waals surface area contributed by atoms with Gasteiger partial charge >= 0.3 is 0 Å². The van der Waals surface area contributed by atoms with Crippen LogP contribution in [0.1, 0.15) is 31.2 Å². The van der Waals surface area contributed by atoms with Gasteiger partial charge in [-0.25, -0.2) is 4.98 Å². The Morgan fingerprint density at radius 3 is 3.12 bits per heavy atom. The quantitative estimate of drug-likeness (QED) is 0.825. The van der Waals surface area contributed by atoms with E-state index in [0.717, 1.165) is 30.8 Å². The maximum Gasteiger partial charge on any atom is 0.129 e. The van der Waals surface area contributed by atoms with Gasteiger partial charge in [0.25, 0.3) is 0 Å². The summed E-state index contributed by atoms with van der Waals surface area (Å²) in [6.07, 6.45) is 6.25. The fourth-order valence-electron chi connectivity index (χ4n) is 2.50. The van der Waals surface area contributed by atoms with Crippen LogP contribution in [0.5, 0.6) is 0 Å². The first-order valence-corrected chi connectivity index (χ1v) is 6.37. The van der Waals surface area contributed by atoms with Crippen LogP contribution in [0, 0.1) is 0 Å². The van der Waals surface area contributed by atoms with E-state index in [9.17, 15) is 0 Å². The monoisotopic (exact) mass is 235 g/mol.